The number of carbonyl (C=O) groups is 1. The average molecular weight is 366 g/mol. The Labute approximate surface area is 157 Å². The molecule has 0 unspecified atom stereocenters. The number of aryl methyl sites for hydroxylation is 1. The van der Waals surface area contributed by atoms with E-state index >= 15 is 0 Å². The predicted octanol–water partition coefficient (Wildman–Crippen LogP) is 3.34. The first kappa shape index (κ1) is 16.8. The fourth-order valence-electron chi connectivity index (χ4n) is 3.32. The number of amides is 1. The molecule has 6 heteroatoms. The molecule has 0 radical (unpaired) electrons. The highest BCUT2D eigenvalue weighted by atomic mass is 32.1. The minimum absolute atomic E-state index is 0.205. The van der Waals surface area contributed by atoms with E-state index in [1.165, 1.54) is 10.4 Å². The lowest BCUT2D eigenvalue weighted by Gasteiger charge is -2.34. The van der Waals surface area contributed by atoms with Gasteiger partial charge in [-0.05, 0) is 23.9 Å². The lowest BCUT2D eigenvalue weighted by Crippen LogP contribution is -2.49. The monoisotopic (exact) mass is 366 g/mol. The lowest BCUT2D eigenvalue weighted by atomic mass is 10.1. The lowest BCUT2D eigenvalue weighted by molar-refractivity contribution is -0.130. The molecular formula is C20H22N4OS. The number of anilines is 1. The SMILES string of the molecule is Cc1cccc(CC(=O)N2CCN(c3cc(-c4cccs4)[nH]n3)CC2)c1. The Morgan fingerprint density at radius 1 is 1.15 bits per heavy atom. The number of carbonyl (C=O) groups excluding carboxylic acids is 1. The quantitative estimate of drug-likeness (QED) is 0.770. The summed E-state index contributed by atoms with van der Waals surface area (Å²) in [5.41, 5.74) is 3.33. The number of hydrogen-bond donors (Lipinski definition) is 1. The van der Waals surface area contributed by atoms with Crippen molar-refractivity contribution < 1.29 is 4.79 Å². The van der Waals surface area contributed by atoms with Crippen LogP contribution in [0.4, 0.5) is 5.82 Å². The van der Waals surface area contributed by atoms with E-state index in [0.717, 1.165) is 43.3 Å². The van der Waals surface area contributed by atoms with Crippen LogP contribution in [-0.4, -0.2) is 47.2 Å². The van der Waals surface area contributed by atoms with Crippen LogP contribution in [0.1, 0.15) is 11.1 Å². The molecule has 1 aliphatic rings. The fourth-order valence-corrected chi connectivity index (χ4v) is 4.02. The fraction of sp³-hybridized carbons (Fsp3) is 0.300. The maximum atomic E-state index is 12.6. The molecule has 134 valence electrons. The molecule has 1 amide bonds. The Balaban J connectivity index is 1.34. The van der Waals surface area contributed by atoms with E-state index in [2.05, 4.69) is 51.7 Å². The Hall–Kier alpha value is -2.60. The predicted molar refractivity (Wildman–Crippen MR) is 106 cm³/mol. The Bertz CT molecular complexity index is 879. The van der Waals surface area contributed by atoms with Crippen molar-refractivity contribution in [3.8, 4) is 10.6 Å². The minimum atomic E-state index is 0.205. The van der Waals surface area contributed by atoms with Crippen molar-refractivity contribution in [2.45, 2.75) is 13.3 Å². The summed E-state index contributed by atoms with van der Waals surface area (Å²) in [6.07, 6.45) is 0.479. The molecule has 1 saturated heterocycles. The number of aromatic nitrogens is 2. The van der Waals surface area contributed by atoms with E-state index in [9.17, 15) is 4.79 Å². The van der Waals surface area contributed by atoms with E-state index in [1.54, 1.807) is 11.3 Å². The smallest absolute Gasteiger partial charge is 0.227 e. The number of hydrogen-bond acceptors (Lipinski definition) is 4. The Morgan fingerprint density at radius 2 is 2.00 bits per heavy atom. The van der Waals surface area contributed by atoms with Gasteiger partial charge in [0.2, 0.25) is 5.91 Å². The van der Waals surface area contributed by atoms with Gasteiger partial charge < -0.3 is 9.80 Å². The van der Waals surface area contributed by atoms with Gasteiger partial charge in [-0.15, -0.1) is 11.3 Å². The van der Waals surface area contributed by atoms with Crippen molar-refractivity contribution in [3.05, 3.63) is 59.0 Å². The zero-order valence-electron chi connectivity index (χ0n) is 14.8. The Kier molecular flexibility index (Phi) is 4.75. The number of benzene rings is 1. The summed E-state index contributed by atoms with van der Waals surface area (Å²) in [6.45, 7) is 5.17. The largest absolute Gasteiger partial charge is 0.352 e. The number of nitrogens with one attached hydrogen (secondary N) is 1. The van der Waals surface area contributed by atoms with E-state index in [-0.39, 0.29) is 5.91 Å². The molecule has 0 bridgehead atoms. The zero-order chi connectivity index (χ0) is 17.9. The molecule has 3 heterocycles. The molecule has 4 rings (SSSR count). The second-order valence-electron chi connectivity index (χ2n) is 6.65. The van der Waals surface area contributed by atoms with Crippen LogP contribution in [0.3, 0.4) is 0 Å². The number of H-pyrrole nitrogens is 1. The van der Waals surface area contributed by atoms with Gasteiger partial charge in [-0.25, -0.2) is 0 Å². The van der Waals surface area contributed by atoms with E-state index in [1.807, 2.05) is 23.1 Å². The van der Waals surface area contributed by atoms with Gasteiger partial charge in [-0.1, -0.05) is 35.9 Å². The summed E-state index contributed by atoms with van der Waals surface area (Å²) < 4.78 is 0. The summed E-state index contributed by atoms with van der Waals surface area (Å²) >= 11 is 1.70. The third-order valence-electron chi connectivity index (χ3n) is 4.75. The highest BCUT2D eigenvalue weighted by Crippen LogP contribution is 2.26. The summed E-state index contributed by atoms with van der Waals surface area (Å²) in [7, 11) is 0. The van der Waals surface area contributed by atoms with Crippen LogP contribution in [-0.2, 0) is 11.2 Å². The van der Waals surface area contributed by atoms with Gasteiger partial charge >= 0.3 is 0 Å². The van der Waals surface area contributed by atoms with Crippen LogP contribution >= 0.6 is 11.3 Å². The van der Waals surface area contributed by atoms with Gasteiger partial charge in [0.1, 0.15) is 0 Å². The summed E-state index contributed by atoms with van der Waals surface area (Å²) in [6, 6.07) is 14.4. The van der Waals surface area contributed by atoms with Gasteiger partial charge in [0, 0.05) is 32.2 Å². The Morgan fingerprint density at radius 3 is 2.73 bits per heavy atom. The van der Waals surface area contributed by atoms with Crippen molar-refractivity contribution in [1.29, 1.82) is 0 Å². The molecule has 1 aromatic carbocycles. The topological polar surface area (TPSA) is 52.2 Å². The second-order valence-corrected chi connectivity index (χ2v) is 7.60. The highest BCUT2D eigenvalue weighted by Gasteiger charge is 2.22. The van der Waals surface area contributed by atoms with Crippen LogP contribution in [0.15, 0.2) is 47.8 Å². The minimum Gasteiger partial charge on any atom is -0.352 e. The first-order chi connectivity index (χ1) is 12.7. The van der Waals surface area contributed by atoms with Gasteiger partial charge in [-0.3, -0.25) is 9.89 Å². The highest BCUT2D eigenvalue weighted by molar-refractivity contribution is 7.13. The molecular weight excluding hydrogens is 344 g/mol. The normalized spacial score (nSPS) is 14.7. The van der Waals surface area contributed by atoms with Crippen molar-refractivity contribution in [2.75, 3.05) is 31.1 Å². The number of thiophene rings is 1. The molecule has 1 N–H and O–H groups in total. The van der Waals surface area contributed by atoms with Crippen molar-refractivity contribution in [2.24, 2.45) is 0 Å². The molecule has 3 aromatic rings. The first-order valence-electron chi connectivity index (χ1n) is 8.86. The van der Waals surface area contributed by atoms with E-state index in [4.69, 9.17) is 0 Å². The molecule has 0 spiro atoms. The zero-order valence-corrected chi connectivity index (χ0v) is 15.6. The van der Waals surface area contributed by atoms with Crippen LogP contribution in [0, 0.1) is 6.92 Å². The third kappa shape index (κ3) is 3.65. The third-order valence-corrected chi connectivity index (χ3v) is 5.65. The van der Waals surface area contributed by atoms with Crippen molar-refractivity contribution in [1.82, 2.24) is 15.1 Å². The van der Waals surface area contributed by atoms with Gasteiger partial charge in [0.05, 0.1) is 17.0 Å². The van der Waals surface area contributed by atoms with Crippen molar-refractivity contribution >= 4 is 23.1 Å². The van der Waals surface area contributed by atoms with Gasteiger partial charge in [-0.2, -0.15) is 5.10 Å². The van der Waals surface area contributed by atoms with Gasteiger partial charge in [0.15, 0.2) is 5.82 Å². The van der Waals surface area contributed by atoms with Crippen LogP contribution < -0.4 is 4.90 Å². The van der Waals surface area contributed by atoms with Crippen molar-refractivity contribution in [3.63, 3.8) is 0 Å². The molecule has 0 saturated carbocycles. The van der Waals surface area contributed by atoms with Crippen LogP contribution in [0.2, 0.25) is 0 Å². The van der Waals surface area contributed by atoms with E-state index < -0.39 is 0 Å². The summed E-state index contributed by atoms with van der Waals surface area (Å²) in [5.74, 6) is 1.16. The summed E-state index contributed by atoms with van der Waals surface area (Å²) in [4.78, 5) is 18.0. The average Bonchev–Trinajstić information content (AvgIpc) is 3.33. The molecule has 0 atom stereocenters. The number of nitrogens with zero attached hydrogens (tertiary/aromatic N) is 3. The van der Waals surface area contributed by atoms with Crippen LogP contribution in [0.5, 0.6) is 0 Å². The molecule has 0 aliphatic carbocycles. The molecule has 5 nitrogen and oxygen atoms in total. The number of piperazine rings is 1. The maximum Gasteiger partial charge on any atom is 0.227 e. The second kappa shape index (κ2) is 7.33. The van der Waals surface area contributed by atoms with Gasteiger partial charge in [0.25, 0.3) is 0 Å². The molecule has 1 aliphatic heterocycles. The molecule has 2 aromatic heterocycles. The number of rotatable bonds is 4. The van der Waals surface area contributed by atoms with E-state index in [0.29, 0.717) is 6.42 Å². The number of aromatic amines is 1. The molecule has 26 heavy (non-hydrogen) atoms. The standard InChI is InChI=1S/C20H22N4OS/c1-15-4-2-5-16(12-15)13-20(25)24-9-7-23(8-10-24)19-14-17(21-22-19)18-6-3-11-26-18/h2-6,11-12,14H,7-10,13H2,1H3,(H,21,22). The van der Waals surface area contributed by atoms with Crippen LogP contribution in [0.25, 0.3) is 10.6 Å². The molecule has 1 fully saturated rings. The summed E-state index contributed by atoms with van der Waals surface area (Å²) in [5, 5.41) is 9.63. The first-order valence-corrected chi connectivity index (χ1v) is 9.74. The maximum absolute atomic E-state index is 12.6.